The molecule has 0 unspecified atom stereocenters. The van der Waals surface area contributed by atoms with Gasteiger partial charge in [-0.15, -0.1) is 0 Å². The van der Waals surface area contributed by atoms with E-state index in [1.807, 2.05) is 43.4 Å². The normalized spacial score (nSPS) is 13.0. The van der Waals surface area contributed by atoms with Gasteiger partial charge in [-0.25, -0.2) is 9.37 Å². The number of aromatic nitrogens is 2. The van der Waals surface area contributed by atoms with Gasteiger partial charge in [-0.05, 0) is 35.4 Å². The maximum atomic E-state index is 13.1. The predicted molar refractivity (Wildman–Crippen MR) is 129 cm³/mol. The molecule has 5 rings (SSSR count). The molecule has 0 saturated carbocycles. The molecule has 7 heteroatoms. The number of fused-ring (bicyclic) bond motifs is 1. The maximum Gasteiger partial charge on any atom is 0.256 e. The monoisotopic (exact) mass is 454 g/mol. The van der Waals surface area contributed by atoms with Crippen molar-refractivity contribution in [3.8, 4) is 22.4 Å². The van der Waals surface area contributed by atoms with Crippen LogP contribution < -0.4 is 5.32 Å². The van der Waals surface area contributed by atoms with Crippen molar-refractivity contribution in [3.63, 3.8) is 0 Å². The summed E-state index contributed by atoms with van der Waals surface area (Å²) in [7, 11) is 1.81. The molecule has 4 aromatic rings. The number of H-pyrrole nitrogens is 1. The highest BCUT2D eigenvalue weighted by atomic mass is 19.1. The van der Waals surface area contributed by atoms with E-state index in [1.54, 1.807) is 29.3 Å². The summed E-state index contributed by atoms with van der Waals surface area (Å²) in [5.74, 6) is -0.197. The number of pyridine rings is 1. The SMILES string of the molecule is CN1CCc2[nH]c(-c3ccnc(NC(=O)Cc4ccc(F)cc4)c3)c(-c3ccccc3)c2C1=O. The first-order valence-electron chi connectivity index (χ1n) is 11.1. The van der Waals surface area contributed by atoms with Crippen molar-refractivity contribution in [1.82, 2.24) is 14.9 Å². The lowest BCUT2D eigenvalue weighted by Gasteiger charge is -2.23. The van der Waals surface area contributed by atoms with E-state index in [-0.39, 0.29) is 24.1 Å². The van der Waals surface area contributed by atoms with Gasteiger partial charge in [-0.1, -0.05) is 42.5 Å². The smallest absolute Gasteiger partial charge is 0.256 e. The first-order valence-corrected chi connectivity index (χ1v) is 11.1. The lowest BCUT2D eigenvalue weighted by atomic mass is 9.94. The molecule has 1 aliphatic heterocycles. The highest BCUT2D eigenvalue weighted by Crippen LogP contribution is 2.39. The van der Waals surface area contributed by atoms with Crippen molar-refractivity contribution in [1.29, 1.82) is 0 Å². The van der Waals surface area contributed by atoms with Gasteiger partial charge in [0.15, 0.2) is 0 Å². The van der Waals surface area contributed by atoms with E-state index in [2.05, 4.69) is 15.3 Å². The van der Waals surface area contributed by atoms with Gasteiger partial charge in [0.1, 0.15) is 11.6 Å². The highest BCUT2D eigenvalue weighted by molar-refractivity contribution is 6.06. The Hall–Kier alpha value is -4.26. The number of anilines is 1. The fraction of sp³-hybridized carbons (Fsp3) is 0.148. The van der Waals surface area contributed by atoms with Gasteiger partial charge < -0.3 is 15.2 Å². The first kappa shape index (κ1) is 21.6. The summed E-state index contributed by atoms with van der Waals surface area (Å²) in [6.45, 7) is 0.654. The van der Waals surface area contributed by atoms with E-state index in [0.717, 1.165) is 34.5 Å². The number of likely N-dealkylation sites (N-methyl/N-ethyl adjacent to an activating group) is 1. The Balaban J connectivity index is 1.49. The number of carbonyl (C=O) groups is 2. The van der Waals surface area contributed by atoms with Crippen LogP contribution in [0.4, 0.5) is 10.2 Å². The molecule has 2 N–H and O–H groups in total. The van der Waals surface area contributed by atoms with Crippen LogP contribution in [0.25, 0.3) is 22.4 Å². The van der Waals surface area contributed by atoms with Crippen molar-refractivity contribution >= 4 is 17.6 Å². The zero-order valence-electron chi connectivity index (χ0n) is 18.6. The predicted octanol–water partition coefficient (Wildman–Crippen LogP) is 4.69. The van der Waals surface area contributed by atoms with Gasteiger partial charge in [0.2, 0.25) is 5.91 Å². The molecule has 0 fully saturated rings. The van der Waals surface area contributed by atoms with Crippen LogP contribution >= 0.6 is 0 Å². The Labute approximate surface area is 196 Å². The fourth-order valence-corrected chi connectivity index (χ4v) is 4.29. The highest BCUT2D eigenvalue weighted by Gasteiger charge is 2.30. The molecule has 1 aliphatic rings. The van der Waals surface area contributed by atoms with E-state index in [4.69, 9.17) is 0 Å². The van der Waals surface area contributed by atoms with Gasteiger partial charge in [-0.3, -0.25) is 9.59 Å². The molecular formula is C27H23FN4O2. The summed E-state index contributed by atoms with van der Waals surface area (Å²) in [6.07, 6.45) is 2.48. The van der Waals surface area contributed by atoms with E-state index in [0.29, 0.717) is 23.5 Å². The second-order valence-corrected chi connectivity index (χ2v) is 8.35. The molecule has 0 bridgehead atoms. The molecule has 3 heterocycles. The molecular weight excluding hydrogens is 431 g/mol. The van der Waals surface area contributed by atoms with Crippen LogP contribution in [-0.4, -0.2) is 40.3 Å². The van der Waals surface area contributed by atoms with Crippen molar-refractivity contribution in [3.05, 3.63) is 95.6 Å². The summed E-state index contributed by atoms with van der Waals surface area (Å²) in [6, 6.07) is 19.3. The number of carbonyl (C=O) groups excluding carboxylic acids is 2. The number of hydrogen-bond acceptors (Lipinski definition) is 3. The number of benzene rings is 2. The van der Waals surface area contributed by atoms with Crippen LogP contribution in [0.1, 0.15) is 21.6 Å². The van der Waals surface area contributed by atoms with Crippen molar-refractivity contribution < 1.29 is 14.0 Å². The first-order chi connectivity index (χ1) is 16.5. The second-order valence-electron chi connectivity index (χ2n) is 8.35. The minimum Gasteiger partial charge on any atom is -0.357 e. The Morgan fingerprint density at radius 2 is 1.82 bits per heavy atom. The Kier molecular flexibility index (Phi) is 5.67. The van der Waals surface area contributed by atoms with Crippen LogP contribution in [0.2, 0.25) is 0 Å². The lowest BCUT2D eigenvalue weighted by molar-refractivity contribution is -0.115. The molecule has 2 amide bonds. The topological polar surface area (TPSA) is 78.1 Å². The molecule has 34 heavy (non-hydrogen) atoms. The molecule has 2 aromatic carbocycles. The van der Waals surface area contributed by atoms with Gasteiger partial charge >= 0.3 is 0 Å². The molecule has 0 spiro atoms. The number of aromatic amines is 1. The van der Waals surface area contributed by atoms with Gasteiger partial charge in [0, 0.05) is 43.0 Å². The average Bonchev–Trinajstić information content (AvgIpc) is 3.24. The van der Waals surface area contributed by atoms with E-state index in [1.165, 1.54) is 12.1 Å². The third-order valence-corrected chi connectivity index (χ3v) is 5.99. The van der Waals surface area contributed by atoms with E-state index in [9.17, 15) is 14.0 Å². The summed E-state index contributed by atoms with van der Waals surface area (Å²) in [5.41, 5.74) is 5.73. The van der Waals surface area contributed by atoms with Gasteiger partial charge in [0.05, 0.1) is 17.7 Å². The Bertz CT molecular complexity index is 1360. The maximum absolute atomic E-state index is 13.1. The molecule has 6 nitrogen and oxygen atoms in total. The van der Waals surface area contributed by atoms with Crippen LogP contribution in [0.15, 0.2) is 72.9 Å². The average molecular weight is 455 g/mol. The molecule has 0 atom stereocenters. The van der Waals surface area contributed by atoms with Crippen molar-refractivity contribution in [2.75, 3.05) is 18.9 Å². The number of nitrogens with zero attached hydrogens (tertiary/aromatic N) is 2. The molecule has 170 valence electrons. The summed E-state index contributed by atoms with van der Waals surface area (Å²) >= 11 is 0. The second kappa shape index (κ2) is 8.94. The quantitative estimate of drug-likeness (QED) is 0.459. The molecule has 2 aromatic heterocycles. The lowest BCUT2D eigenvalue weighted by Crippen LogP contribution is -2.34. The third-order valence-electron chi connectivity index (χ3n) is 5.99. The molecule has 0 saturated heterocycles. The van der Waals surface area contributed by atoms with E-state index < -0.39 is 0 Å². The van der Waals surface area contributed by atoms with E-state index >= 15 is 0 Å². The number of nitrogens with one attached hydrogen (secondary N) is 2. The fourth-order valence-electron chi connectivity index (χ4n) is 4.29. The molecule has 0 radical (unpaired) electrons. The summed E-state index contributed by atoms with van der Waals surface area (Å²) < 4.78 is 13.1. The van der Waals surface area contributed by atoms with Crippen LogP contribution in [0.3, 0.4) is 0 Å². The largest absolute Gasteiger partial charge is 0.357 e. The zero-order valence-corrected chi connectivity index (χ0v) is 18.6. The minimum atomic E-state index is -0.342. The summed E-state index contributed by atoms with van der Waals surface area (Å²) in [4.78, 5) is 35.1. The number of halogens is 1. The number of amides is 2. The van der Waals surface area contributed by atoms with Crippen molar-refractivity contribution in [2.24, 2.45) is 0 Å². The van der Waals surface area contributed by atoms with Crippen LogP contribution in [0.5, 0.6) is 0 Å². The molecule has 0 aliphatic carbocycles. The zero-order chi connectivity index (χ0) is 23.7. The van der Waals surface area contributed by atoms with Crippen LogP contribution in [0, 0.1) is 5.82 Å². The Morgan fingerprint density at radius 1 is 1.06 bits per heavy atom. The van der Waals surface area contributed by atoms with Gasteiger partial charge in [0.25, 0.3) is 5.91 Å². The third kappa shape index (κ3) is 4.20. The van der Waals surface area contributed by atoms with Gasteiger partial charge in [-0.2, -0.15) is 0 Å². The van der Waals surface area contributed by atoms with Crippen LogP contribution in [-0.2, 0) is 17.6 Å². The Morgan fingerprint density at radius 3 is 2.59 bits per heavy atom. The van der Waals surface area contributed by atoms with Crippen molar-refractivity contribution in [2.45, 2.75) is 12.8 Å². The minimum absolute atomic E-state index is 0.00974. The number of hydrogen-bond donors (Lipinski definition) is 2. The number of rotatable bonds is 5. The standard InChI is InChI=1S/C27H23FN4O2/c1-32-14-12-21-25(27(32)34)24(18-5-3-2-4-6-18)26(30-21)19-11-13-29-22(16-19)31-23(33)15-17-7-9-20(28)10-8-17/h2-11,13,16,30H,12,14-15H2,1H3,(H,29,31,33). The summed E-state index contributed by atoms with van der Waals surface area (Å²) in [5, 5.41) is 2.82.